The molecule has 2 nitrogen and oxygen atoms in total. The molecule has 0 unspecified atom stereocenters. The van der Waals surface area contributed by atoms with Crippen molar-refractivity contribution in [1.82, 2.24) is 0 Å². The van der Waals surface area contributed by atoms with Gasteiger partial charge >= 0.3 is 0 Å². The molecule has 2 aliphatic heterocycles. The summed E-state index contributed by atoms with van der Waals surface area (Å²) in [5.41, 5.74) is 20.3. The maximum Gasteiger partial charge on any atom is 0.0540 e. The van der Waals surface area contributed by atoms with E-state index in [2.05, 4.69) is 193 Å². The van der Waals surface area contributed by atoms with Crippen LogP contribution in [0.4, 0.5) is 28.4 Å². The second-order valence-electron chi connectivity index (χ2n) is 17.6. The molecule has 0 amide bonds. The predicted octanol–water partition coefficient (Wildman–Crippen LogP) is 15.8. The summed E-state index contributed by atoms with van der Waals surface area (Å²) in [6.07, 6.45) is 20.9. The van der Waals surface area contributed by atoms with Gasteiger partial charge in [0.25, 0.3) is 0 Å². The van der Waals surface area contributed by atoms with Crippen LogP contribution >= 0.6 is 0 Å². The molecule has 2 aliphatic carbocycles. The van der Waals surface area contributed by atoms with Gasteiger partial charge in [-0.25, -0.2) is 0 Å². The van der Waals surface area contributed by atoms with Crippen LogP contribution in [0.15, 0.2) is 175 Å². The van der Waals surface area contributed by atoms with E-state index in [-0.39, 0.29) is 5.41 Å². The molecule has 7 aromatic rings. The van der Waals surface area contributed by atoms with Crippen LogP contribution in [-0.4, -0.2) is 0 Å². The van der Waals surface area contributed by atoms with Crippen LogP contribution in [0.2, 0.25) is 0 Å². The number of rotatable bonds is 6. The van der Waals surface area contributed by atoms with E-state index in [1.165, 1.54) is 121 Å². The minimum Gasteiger partial charge on any atom is -0.314 e. The van der Waals surface area contributed by atoms with Crippen LogP contribution in [0, 0.1) is 0 Å². The molecule has 0 N–H and O–H groups in total. The highest BCUT2D eigenvalue weighted by molar-refractivity contribution is 6.04. The lowest BCUT2D eigenvalue weighted by Gasteiger charge is -2.31. The Bertz CT molecular complexity index is 2800. The van der Waals surface area contributed by atoms with Crippen molar-refractivity contribution in [2.45, 2.75) is 76.5 Å². The van der Waals surface area contributed by atoms with E-state index >= 15 is 0 Å². The van der Waals surface area contributed by atoms with E-state index in [0.29, 0.717) is 0 Å². The van der Waals surface area contributed by atoms with E-state index in [4.69, 9.17) is 0 Å². The zero-order chi connectivity index (χ0) is 40.0. The van der Waals surface area contributed by atoms with Crippen molar-refractivity contribution in [3.63, 3.8) is 0 Å². The lowest BCUT2D eigenvalue weighted by atomic mass is 9.76. The molecule has 0 aromatic heterocycles. The van der Waals surface area contributed by atoms with Crippen LogP contribution in [0.25, 0.3) is 34.1 Å². The van der Waals surface area contributed by atoms with Crippen molar-refractivity contribution in [3.8, 4) is 11.1 Å². The summed E-state index contributed by atoms with van der Waals surface area (Å²) in [4.78, 5) is 5.06. The highest BCUT2D eigenvalue weighted by Crippen LogP contribution is 2.48. The first-order valence-corrected chi connectivity index (χ1v) is 22.3. The number of benzene rings is 7. The number of allylic oxidation sites excluding steroid dienone is 4. The SMILES string of the molecule is CC1(c2cc(/C=C/c3ccc(N4c5ccccc5CCc5ccccc54)c4ccccc34)ccc2-c2ccc(N3C4=C(C=CCC4)CCc4ccccc43)cc2)CCCC1. The van der Waals surface area contributed by atoms with E-state index in [9.17, 15) is 0 Å². The minimum absolute atomic E-state index is 0.157. The molecule has 2 heterocycles. The number of fused-ring (bicyclic) bond motifs is 4. The molecule has 4 aliphatic rings. The summed E-state index contributed by atoms with van der Waals surface area (Å²) in [7, 11) is 0. The number of hydrogen-bond acceptors (Lipinski definition) is 2. The Morgan fingerprint density at radius 3 is 1.83 bits per heavy atom. The molecular weight excluding hydrogens is 725 g/mol. The molecule has 1 fully saturated rings. The Hall–Kier alpha value is -6.38. The third kappa shape index (κ3) is 6.50. The van der Waals surface area contributed by atoms with Crippen LogP contribution in [0.1, 0.15) is 85.3 Å². The lowest BCUT2D eigenvalue weighted by Crippen LogP contribution is -2.19. The van der Waals surface area contributed by atoms with Crippen molar-refractivity contribution >= 4 is 51.4 Å². The molecule has 0 radical (unpaired) electrons. The summed E-state index contributed by atoms with van der Waals surface area (Å²) in [5.74, 6) is 0. The summed E-state index contributed by atoms with van der Waals surface area (Å²) in [6.45, 7) is 2.50. The first kappa shape index (κ1) is 36.7. The van der Waals surface area contributed by atoms with Gasteiger partial charge in [-0.15, -0.1) is 0 Å². The molecule has 294 valence electrons. The fraction of sp³-hybridized carbons (Fsp3) is 0.207. The van der Waals surface area contributed by atoms with Crippen molar-refractivity contribution in [3.05, 3.63) is 208 Å². The van der Waals surface area contributed by atoms with Gasteiger partial charge in [-0.2, -0.15) is 0 Å². The zero-order valence-corrected chi connectivity index (χ0v) is 34.7. The van der Waals surface area contributed by atoms with Crippen LogP contribution in [0.3, 0.4) is 0 Å². The molecular formula is C58H52N2. The molecule has 0 atom stereocenters. The number of anilines is 5. The number of hydrogen-bond donors (Lipinski definition) is 0. The summed E-state index contributed by atoms with van der Waals surface area (Å²) in [6, 6.07) is 57.2. The Kier molecular flexibility index (Phi) is 9.38. The molecule has 0 spiro atoms. The largest absolute Gasteiger partial charge is 0.314 e. The number of para-hydroxylation sites is 3. The van der Waals surface area contributed by atoms with Gasteiger partial charge in [0, 0.05) is 33.8 Å². The van der Waals surface area contributed by atoms with Gasteiger partial charge in [0.15, 0.2) is 0 Å². The quantitative estimate of drug-likeness (QED) is 0.155. The Morgan fingerprint density at radius 1 is 0.517 bits per heavy atom. The molecule has 7 aromatic carbocycles. The van der Waals surface area contributed by atoms with E-state index in [0.717, 1.165) is 38.5 Å². The highest BCUT2D eigenvalue weighted by Gasteiger charge is 2.33. The average molecular weight is 777 g/mol. The summed E-state index contributed by atoms with van der Waals surface area (Å²) < 4.78 is 0. The Balaban J connectivity index is 0.954. The second kappa shape index (κ2) is 15.3. The topological polar surface area (TPSA) is 6.48 Å². The van der Waals surface area contributed by atoms with Gasteiger partial charge in [0.1, 0.15) is 0 Å². The number of nitrogens with zero attached hydrogens (tertiary/aromatic N) is 2. The van der Waals surface area contributed by atoms with Crippen LogP contribution in [-0.2, 0) is 24.7 Å². The fourth-order valence-corrected chi connectivity index (χ4v) is 10.8. The van der Waals surface area contributed by atoms with Gasteiger partial charge in [-0.1, -0.05) is 159 Å². The van der Waals surface area contributed by atoms with Gasteiger partial charge in [0.2, 0.25) is 0 Å². The standard InChI is InChI=1S/C58H52N2/c1-58(38-12-13-39-58)52-40-41(25-36-50(52)43-31-34-48(35-32-43)59-53-20-8-2-14-44(53)27-28-45-15-3-9-21-54(45)59)24-26-42-33-37-57(51-19-7-6-18-49(42)51)60-55-22-10-4-16-46(55)29-30-47-17-5-11-23-56(47)60/h2-8,10-11,14-20,22-26,31-37,40H,9,12-13,21,27-30,38-39H2,1H3/b26-24+. The van der Waals surface area contributed by atoms with E-state index < -0.39 is 0 Å². The van der Waals surface area contributed by atoms with Gasteiger partial charge in [-0.3, -0.25) is 0 Å². The molecule has 0 saturated heterocycles. The molecule has 11 rings (SSSR count). The second-order valence-corrected chi connectivity index (χ2v) is 17.6. The lowest BCUT2D eigenvalue weighted by molar-refractivity contribution is 0.493. The molecule has 2 heteroatoms. The van der Waals surface area contributed by atoms with E-state index in [1.807, 2.05) is 0 Å². The highest BCUT2D eigenvalue weighted by atomic mass is 15.2. The zero-order valence-electron chi connectivity index (χ0n) is 34.7. The first-order valence-electron chi connectivity index (χ1n) is 22.3. The maximum absolute atomic E-state index is 2.56. The Morgan fingerprint density at radius 2 is 1.13 bits per heavy atom. The molecule has 60 heavy (non-hydrogen) atoms. The summed E-state index contributed by atoms with van der Waals surface area (Å²) in [5, 5.41) is 2.53. The minimum atomic E-state index is 0.157. The Labute approximate surface area is 355 Å². The smallest absolute Gasteiger partial charge is 0.0540 e. The van der Waals surface area contributed by atoms with Gasteiger partial charge in [-0.05, 0) is 149 Å². The van der Waals surface area contributed by atoms with Crippen molar-refractivity contribution in [2.75, 3.05) is 9.80 Å². The normalized spacial score (nSPS) is 16.9. The predicted molar refractivity (Wildman–Crippen MR) is 255 cm³/mol. The van der Waals surface area contributed by atoms with Gasteiger partial charge in [0.05, 0.1) is 5.69 Å². The average Bonchev–Trinajstić information content (AvgIpc) is 3.60. The van der Waals surface area contributed by atoms with Crippen LogP contribution < -0.4 is 9.80 Å². The van der Waals surface area contributed by atoms with Crippen molar-refractivity contribution in [2.24, 2.45) is 0 Å². The summed E-state index contributed by atoms with van der Waals surface area (Å²) >= 11 is 0. The maximum atomic E-state index is 2.56. The van der Waals surface area contributed by atoms with Crippen LogP contribution in [0.5, 0.6) is 0 Å². The molecule has 1 saturated carbocycles. The number of aryl methyl sites for hydroxylation is 3. The first-order chi connectivity index (χ1) is 29.6. The molecule has 0 bridgehead atoms. The third-order valence-corrected chi connectivity index (χ3v) is 14.0. The van der Waals surface area contributed by atoms with Crippen molar-refractivity contribution < 1.29 is 0 Å². The fourth-order valence-electron chi connectivity index (χ4n) is 10.8. The van der Waals surface area contributed by atoms with Gasteiger partial charge < -0.3 is 9.80 Å². The third-order valence-electron chi connectivity index (χ3n) is 14.0. The van der Waals surface area contributed by atoms with Crippen molar-refractivity contribution in [1.29, 1.82) is 0 Å². The van der Waals surface area contributed by atoms with E-state index in [1.54, 1.807) is 0 Å². The monoisotopic (exact) mass is 776 g/mol.